The minimum absolute atomic E-state index is 0.0529. The number of imidazole rings is 1. The molecule has 8 nitrogen and oxygen atoms in total. The number of halogens is 1. The predicted octanol–water partition coefficient (Wildman–Crippen LogP) is 0.718. The van der Waals surface area contributed by atoms with E-state index < -0.39 is 10.0 Å². The van der Waals surface area contributed by atoms with Crippen LogP contribution in [0.4, 0.5) is 5.82 Å². The van der Waals surface area contributed by atoms with Gasteiger partial charge < -0.3 is 10.7 Å². The van der Waals surface area contributed by atoms with Crippen molar-refractivity contribution in [3.05, 3.63) is 35.5 Å². The third kappa shape index (κ3) is 3.05. The van der Waals surface area contributed by atoms with Crippen LogP contribution in [0.3, 0.4) is 0 Å². The highest BCUT2D eigenvalue weighted by molar-refractivity contribution is 7.89. The molecule has 1 atom stereocenters. The van der Waals surface area contributed by atoms with Crippen LogP contribution in [-0.2, 0) is 10.0 Å². The summed E-state index contributed by atoms with van der Waals surface area (Å²) in [5, 5.41) is 0.231. The van der Waals surface area contributed by atoms with E-state index in [1.807, 2.05) is 7.05 Å². The first kappa shape index (κ1) is 16.2. The van der Waals surface area contributed by atoms with Crippen molar-refractivity contribution in [1.29, 1.82) is 0 Å². The van der Waals surface area contributed by atoms with Crippen LogP contribution in [0.1, 0.15) is 11.9 Å². The molecular formula is C13H17ClN6O2S. The maximum absolute atomic E-state index is 12.9. The number of nitrogen functional groups attached to an aromatic ring is 1. The van der Waals surface area contributed by atoms with E-state index in [0.717, 1.165) is 5.82 Å². The van der Waals surface area contributed by atoms with Gasteiger partial charge in [0.25, 0.3) is 0 Å². The predicted molar refractivity (Wildman–Crippen MR) is 86.4 cm³/mol. The SMILES string of the molecule is CN1CCN(S(=O)(=O)c2cc(Cl)cnc2N)CC1c1ncc[nH]1. The van der Waals surface area contributed by atoms with Gasteiger partial charge in [-0.05, 0) is 13.1 Å². The van der Waals surface area contributed by atoms with E-state index in [2.05, 4.69) is 19.9 Å². The third-order valence-corrected chi connectivity index (χ3v) is 6.01. The Balaban J connectivity index is 1.93. The van der Waals surface area contributed by atoms with Gasteiger partial charge in [-0.2, -0.15) is 4.31 Å². The van der Waals surface area contributed by atoms with E-state index in [1.165, 1.54) is 16.6 Å². The molecule has 0 amide bonds. The Morgan fingerprint density at radius 3 is 2.87 bits per heavy atom. The van der Waals surface area contributed by atoms with Crippen LogP contribution in [0, 0.1) is 0 Å². The summed E-state index contributed by atoms with van der Waals surface area (Å²) >= 11 is 5.87. The van der Waals surface area contributed by atoms with Crippen molar-refractivity contribution in [2.24, 2.45) is 0 Å². The molecule has 1 aliphatic rings. The Hall–Kier alpha value is -1.68. The number of hydrogen-bond acceptors (Lipinski definition) is 6. The number of H-pyrrole nitrogens is 1. The first-order chi connectivity index (χ1) is 10.9. The number of piperazine rings is 1. The first-order valence-corrected chi connectivity index (χ1v) is 8.82. The smallest absolute Gasteiger partial charge is 0.246 e. The van der Waals surface area contributed by atoms with Gasteiger partial charge >= 0.3 is 0 Å². The molecule has 0 bridgehead atoms. The number of nitrogens with one attached hydrogen (secondary N) is 1. The van der Waals surface area contributed by atoms with Crippen molar-refractivity contribution in [2.45, 2.75) is 10.9 Å². The number of hydrogen-bond donors (Lipinski definition) is 2. The molecule has 3 rings (SSSR count). The fourth-order valence-corrected chi connectivity index (χ4v) is 4.35. The minimum atomic E-state index is -3.77. The lowest BCUT2D eigenvalue weighted by Crippen LogP contribution is -2.49. The van der Waals surface area contributed by atoms with Gasteiger partial charge in [0, 0.05) is 38.2 Å². The van der Waals surface area contributed by atoms with Crippen molar-refractivity contribution in [3.8, 4) is 0 Å². The number of sulfonamides is 1. The van der Waals surface area contributed by atoms with Gasteiger partial charge in [0.15, 0.2) is 0 Å². The van der Waals surface area contributed by atoms with Gasteiger partial charge in [-0.15, -0.1) is 0 Å². The highest BCUT2D eigenvalue weighted by atomic mass is 35.5. The van der Waals surface area contributed by atoms with E-state index >= 15 is 0 Å². The molecule has 0 spiro atoms. The molecule has 3 heterocycles. The van der Waals surface area contributed by atoms with E-state index in [0.29, 0.717) is 13.1 Å². The third-order valence-electron chi connectivity index (χ3n) is 3.91. The fourth-order valence-electron chi connectivity index (χ4n) is 2.60. The summed E-state index contributed by atoms with van der Waals surface area (Å²) in [6.45, 7) is 1.22. The number of rotatable bonds is 3. The van der Waals surface area contributed by atoms with Crippen molar-refractivity contribution >= 4 is 27.4 Å². The molecule has 10 heteroatoms. The quantitative estimate of drug-likeness (QED) is 0.838. The maximum atomic E-state index is 12.9. The van der Waals surface area contributed by atoms with Crippen molar-refractivity contribution < 1.29 is 8.42 Å². The van der Waals surface area contributed by atoms with E-state index in [-0.39, 0.29) is 28.3 Å². The maximum Gasteiger partial charge on any atom is 0.246 e. The lowest BCUT2D eigenvalue weighted by molar-refractivity contribution is 0.142. The summed E-state index contributed by atoms with van der Waals surface area (Å²) in [6, 6.07) is 1.18. The van der Waals surface area contributed by atoms with Gasteiger partial charge in [0.2, 0.25) is 10.0 Å². The zero-order valence-corrected chi connectivity index (χ0v) is 14.0. The van der Waals surface area contributed by atoms with E-state index in [4.69, 9.17) is 17.3 Å². The number of anilines is 1. The Morgan fingerprint density at radius 2 is 2.17 bits per heavy atom. The van der Waals surface area contributed by atoms with Crippen molar-refractivity contribution in [3.63, 3.8) is 0 Å². The molecule has 124 valence electrons. The van der Waals surface area contributed by atoms with Crippen LogP contribution >= 0.6 is 11.6 Å². The lowest BCUT2D eigenvalue weighted by Gasteiger charge is -2.37. The average molecular weight is 357 g/mol. The lowest BCUT2D eigenvalue weighted by atomic mass is 10.2. The van der Waals surface area contributed by atoms with Gasteiger partial charge in [-0.25, -0.2) is 18.4 Å². The van der Waals surface area contributed by atoms with Crippen LogP contribution in [-0.4, -0.2) is 59.3 Å². The van der Waals surface area contributed by atoms with E-state index in [9.17, 15) is 8.42 Å². The largest absolute Gasteiger partial charge is 0.383 e. The monoisotopic (exact) mass is 356 g/mol. The molecule has 3 N–H and O–H groups in total. The van der Waals surface area contributed by atoms with Crippen LogP contribution in [0.25, 0.3) is 0 Å². The molecule has 1 fully saturated rings. The van der Waals surface area contributed by atoms with Crippen LogP contribution in [0.2, 0.25) is 5.02 Å². The number of nitrogens with zero attached hydrogens (tertiary/aromatic N) is 4. The normalized spacial score (nSPS) is 20.7. The highest BCUT2D eigenvalue weighted by Crippen LogP contribution is 2.28. The summed E-state index contributed by atoms with van der Waals surface area (Å²) in [5.74, 6) is 0.674. The Morgan fingerprint density at radius 1 is 1.39 bits per heavy atom. The Labute approximate surface area is 139 Å². The van der Waals surface area contributed by atoms with Crippen molar-refractivity contribution in [1.82, 2.24) is 24.2 Å². The summed E-state index contributed by atoms with van der Waals surface area (Å²) in [7, 11) is -1.83. The summed E-state index contributed by atoms with van der Waals surface area (Å²) in [4.78, 5) is 13.1. The second-order valence-corrected chi connectivity index (χ2v) is 7.71. The summed E-state index contributed by atoms with van der Waals surface area (Å²) in [6.07, 6.45) is 4.69. The molecule has 1 unspecified atom stereocenters. The number of likely N-dealkylation sites (N-methyl/N-ethyl adjacent to an activating group) is 1. The van der Waals surface area contributed by atoms with Crippen LogP contribution in [0.15, 0.2) is 29.6 Å². The number of pyridine rings is 1. The topological polar surface area (TPSA) is 108 Å². The fraction of sp³-hybridized carbons (Fsp3) is 0.385. The molecule has 23 heavy (non-hydrogen) atoms. The van der Waals surface area contributed by atoms with Crippen LogP contribution in [0.5, 0.6) is 0 Å². The number of nitrogens with two attached hydrogens (primary N) is 1. The van der Waals surface area contributed by atoms with Gasteiger partial charge in [0.05, 0.1) is 11.1 Å². The molecule has 0 aliphatic carbocycles. The number of aromatic nitrogens is 3. The second-order valence-electron chi connectivity index (χ2n) is 5.37. The zero-order valence-electron chi connectivity index (χ0n) is 12.5. The molecule has 1 saturated heterocycles. The standard InChI is InChI=1S/C13H17ClN6O2S/c1-19-4-5-20(8-10(19)13-16-2-3-17-13)23(21,22)11-6-9(14)7-18-12(11)15/h2-3,6-7,10H,4-5,8H2,1H3,(H2,15,18)(H,16,17). The first-order valence-electron chi connectivity index (χ1n) is 7.00. The minimum Gasteiger partial charge on any atom is -0.383 e. The molecule has 2 aromatic rings. The molecule has 0 aromatic carbocycles. The number of aromatic amines is 1. The average Bonchev–Trinajstić information content (AvgIpc) is 3.04. The molecule has 1 aliphatic heterocycles. The van der Waals surface area contributed by atoms with Gasteiger partial charge in [0.1, 0.15) is 16.5 Å². The molecule has 2 aromatic heterocycles. The second kappa shape index (κ2) is 6.08. The molecule has 0 radical (unpaired) electrons. The van der Waals surface area contributed by atoms with Gasteiger partial charge in [-0.1, -0.05) is 11.6 Å². The van der Waals surface area contributed by atoms with Crippen molar-refractivity contribution in [2.75, 3.05) is 32.4 Å². The van der Waals surface area contributed by atoms with Crippen LogP contribution < -0.4 is 5.73 Å². The molecular weight excluding hydrogens is 340 g/mol. The van der Waals surface area contributed by atoms with Gasteiger partial charge in [-0.3, -0.25) is 4.90 Å². The summed E-state index contributed by atoms with van der Waals surface area (Å²) in [5.41, 5.74) is 5.73. The molecule has 0 saturated carbocycles. The summed E-state index contributed by atoms with van der Waals surface area (Å²) < 4.78 is 27.2. The van der Waals surface area contributed by atoms with E-state index in [1.54, 1.807) is 12.4 Å². The Kier molecular flexibility index (Phi) is 4.28. The Bertz CT molecular complexity index is 795. The zero-order chi connectivity index (χ0) is 16.6. The highest BCUT2D eigenvalue weighted by Gasteiger charge is 2.35.